The van der Waals surface area contributed by atoms with Crippen LogP contribution in [0.15, 0.2) is 42.7 Å². The quantitative estimate of drug-likeness (QED) is 0.518. The van der Waals surface area contributed by atoms with Gasteiger partial charge in [0.15, 0.2) is 0 Å². The number of aryl methyl sites for hydroxylation is 3. The van der Waals surface area contributed by atoms with Crippen molar-refractivity contribution in [2.75, 3.05) is 0 Å². The van der Waals surface area contributed by atoms with Crippen molar-refractivity contribution in [1.29, 1.82) is 0 Å². The summed E-state index contributed by atoms with van der Waals surface area (Å²) in [5.74, 6) is -0.102. The van der Waals surface area contributed by atoms with Gasteiger partial charge < -0.3 is 5.32 Å². The van der Waals surface area contributed by atoms with Crippen molar-refractivity contribution >= 4 is 16.8 Å². The lowest BCUT2D eigenvalue weighted by molar-refractivity contribution is 0.0941. The number of nitrogens with one attached hydrogen (secondary N) is 1. The fraction of sp³-hybridized carbons (Fsp3) is 0.333. The van der Waals surface area contributed by atoms with Crippen LogP contribution in [0.2, 0.25) is 0 Å². The largest absolute Gasteiger partial charge is 0.349 e. The molecule has 1 atom stereocenters. The van der Waals surface area contributed by atoms with Crippen molar-refractivity contribution in [2.24, 2.45) is 7.05 Å². The first-order chi connectivity index (χ1) is 14.9. The molecule has 1 unspecified atom stereocenters. The fourth-order valence-corrected chi connectivity index (χ4v) is 3.95. The van der Waals surface area contributed by atoms with Crippen molar-refractivity contribution in [3.8, 4) is 11.3 Å². The normalized spacial score (nSPS) is 12.3. The molecule has 4 rings (SSSR count). The Kier molecular flexibility index (Phi) is 5.59. The third kappa shape index (κ3) is 4.08. The Hall–Kier alpha value is -3.48. The zero-order valence-corrected chi connectivity index (χ0v) is 18.7. The number of hydrogen-bond acceptors (Lipinski definition) is 4. The number of pyridine rings is 1. The van der Waals surface area contributed by atoms with Gasteiger partial charge in [-0.05, 0) is 51.8 Å². The van der Waals surface area contributed by atoms with E-state index in [0.29, 0.717) is 5.56 Å². The number of fused-ring (bicyclic) bond motifs is 1. The van der Waals surface area contributed by atoms with Gasteiger partial charge in [0.2, 0.25) is 0 Å². The predicted octanol–water partition coefficient (Wildman–Crippen LogP) is 3.83. The van der Waals surface area contributed by atoms with Gasteiger partial charge in [0.05, 0.1) is 28.7 Å². The van der Waals surface area contributed by atoms with Crippen LogP contribution in [-0.2, 0) is 20.0 Å². The van der Waals surface area contributed by atoms with Crippen molar-refractivity contribution in [3.05, 3.63) is 65.2 Å². The third-order valence-corrected chi connectivity index (χ3v) is 5.76. The van der Waals surface area contributed by atoms with Crippen molar-refractivity contribution in [2.45, 2.75) is 46.7 Å². The van der Waals surface area contributed by atoms with Crippen LogP contribution in [-0.4, -0.2) is 36.5 Å². The molecule has 1 aromatic carbocycles. The first-order valence-corrected chi connectivity index (χ1v) is 10.6. The summed E-state index contributed by atoms with van der Waals surface area (Å²) < 4.78 is 3.74. The maximum absolute atomic E-state index is 13.3. The lowest BCUT2D eigenvalue weighted by atomic mass is 10.0. The molecule has 0 fully saturated rings. The molecule has 7 heteroatoms. The Labute approximate surface area is 182 Å². The minimum absolute atomic E-state index is 0.0349. The summed E-state index contributed by atoms with van der Waals surface area (Å²) in [5.41, 5.74) is 6.38. The van der Waals surface area contributed by atoms with Gasteiger partial charge in [-0.15, -0.1) is 0 Å². The van der Waals surface area contributed by atoms with E-state index < -0.39 is 0 Å². The van der Waals surface area contributed by atoms with E-state index in [1.807, 2.05) is 73.7 Å². The summed E-state index contributed by atoms with van der Waals surface area (Å²) in [4.78, 5) is 18.1. The molecule has 3 aromatic heterocycles. The number of carbonyl (C=O) groups is 1. The maximum Gasteiger partial charge on any atom is 0.252 e. The number of para-hydroxylation sites is 1. The second-order valence-electron chi connectivity index (χ2n) is 8.01. The van der Waals surface area contributed by atoms with Crippen LogP contribution in [0.5, 0.6) is 0 Å². The molecule has 0 bridgehead atoms. The molecule has 0 aliphatic heterocycles. The lowest BCUT2D eigenvalue weighted by Gasteiger charge is -2.16. The summed E-state index contributed by atoms with van der Waals surface area (Å²) in [6, 6.07) is 9.57. The minimum Gasteiger partial charge on any atom is -0.349 e. The van der Waals surface area contributed by atoms with Gasteiger partial charge in [-0.3, -0.25) is 14.2 Å². The van der Waals surface area contributed by atoms with E-state index in [1.165, 1.54) is 5.56 Å². The Bertz CT molecular complexity index is 1250. The highest BCUT2D eigenvalue weighted by Crippen LogP contribution is 2.25. The summed E-state index contributed by atoms with van der Waals surface area (Å²) >= 11 is 0. The molecule has 3 heterocycles. The van der Waals surface area contributed by atoms with Gasteiger partial charge in [0.1, 0.15) is 0 Å². The molecule has 0 radical (unpaired) electrons. The molecule has 0 saturated heterocycles. The van der Waals surface area contributed by atoms with Crippen molar-refractivity contribution in [1.82, 2.24) is 29.9 Å². The number of hydrogen-bond donors (Lipinski definition) is 1. The highest BCUT2D eigenvalue weighted by atomic mass is 16.1. The van der Waals surface area contributed by atoms with E-state index >= 15 is 0 Å². The van der Waals surface area contributed by atoms with Crippen LogP contribution in [0.4, 0.5) is 0 Å². The van der Waals surface area contributed by atoms with Gasteiger partial charge >= 0.3 is 0 Å². The molecule has 1 amide bonds. The number of amides is 1. The molecule has 4 aromatic rings. The molecule has 0 aliphatic rings. The zero-order valence-electron chi connectivity index (χ0n) is 18.7. The third-order valence-electron chi connectivity index (χ3n) is 5.76. The van der Waals surface area contributed by atoms with Gasteiger partial charge in [-0.1, -0.05) is 18.2 Å². The van der Waals surface area contributed by atoms with E-state index in [0.717, 1.165) is 46.5 Å². The van der Waals surface area contributed by atoms with E-state index in [2.05, 4.69) is 22.4 Å². The van der Waals surface area contributed by atoms with Gasteiger partial charge in [0, 0.05) is 42.5 Å². The number of benzene rings is 1. The second kappa shape index (κ2) is 8.34. The number of nitrogens with zero attached hydrogens (tertiary/aromatic N) is 5. The minimum atomic E-state index is -0.102. The standard InChI is InChI=1S/C24H28N6O/c1-6-30-14-18(13-25-30)23-12-21(19-9-7-8-10-22(19)27-23)24(31)26-15(2)11-20-16(3)28-29(5)17(20)4/h7-10,12-15H,6,11H2,1-5H3,(H,26,31). The SMILES string of the molecule is CCn1cc(-c2cc(C(=O)NC(C)Cc3c(C)nn(C)c3C)c3ccccc3n2)cn1. The van der Waals surface area contributed by atoms with Gasteiger partial charge in [-0.2, -0.15) is 10.2 Å². The summed E-state index contributed by atoms with van der Waals surface area (Å²) in [5, 5.41) is 12.8. The monoisotopic (exact) mass is 416 g/mol. The molecular formula is C24H28N6O. The first-order valence-electron chi connectivity index (χ1n) is 10.6. The molecular weight excluding hydrogens is 388 g/mol. The smallest absolute Gasteiger partial charge is 0.252 e. The van der Waals surface area contributed by atoms with E-state index in [9.17, 15) is 4.79 Å². The lowest BCUT2D eigenvalue weighted by Crippen LogP contribution is -2.34. The van der Waals surface area contributed by atoms with Crippen LogP contribution < -0.4 is 5.32 Å². The number of aromatic nitrogens is 5. The van der Waals surface area contributed by atoms with Crippen LogP contribution in [0.1, 0.15) is 41.2 Å². The van der Waals surface area contributed by atoms with Gasteiger partial charge in [-0.25, -0.2) is 4.98 Å². The molecule has 7 nitrogen and oxygen atoms in total. The van der Waals surface area contributed by atoms with Crippen LogP contribution >= 0.6 is 0 Å². The fourth-order valence-electron chi connectivity index (χ4n) is 3.95. The van der Waals surface area contributed by atoms with Crippen molar-refractivity contribution in [3.63, 3.8) is 0 Å². The topological polar surface area (TPSA) is 77.6 Å². The Morgan fingerprint density at radius 1 is 1.23 bits per heavy atom. The summed E-state index contributed by atoms with van der Waals surface area (Å²) in [7, 11) is 1.94. The summed E-state index contributed by atoms with van der Waals surface area (Å²) in [6.07, 6.45) is 4.48. The predicted molar refractivity (Wildman–Crippen MR) is 122 cm³/mol. The Balaban J connectivity index is 1.65. The van der Waals surface area contributed by atoms with Crippen molar-refractivity contribution < 1.29 is 4.79 Å². The number of carbonyl (C=O) groups excluding carboxylic acids is 1. The van der Waals surface area contributed by atoms with E-state index in [1.54, 1.807) is 6.20 Å². The average Bonchev–Trinajstić information content (AvgIpc) is 3.33. The highest BCUT2D eigenvalue weighted by molar-refractivity contribution is 6.07. The molecule has 160 valence electrons. The van der Waals surface area contributed by atoms with Crippen LogP contribution in [0, 0.1) is 13.8 Å². The second-order valence-corrected chi connectivity index (χ2v) is 8.01. The summed E-state index contributed by atoms with van der Waals surface area (Å²) in [6.45, 7) is 8.92. The molecule has 0 spiro atoms. The molecule has 1 N–H and O–H groups in total. The molecule has 0 aliphatic carbocycles. The van der Waals surface area contributed by atoms with Crippen LogP contribution in [0.25, 0.3) is 22.2 Å². The first kappa shape index (κ1) is 20.8. The maximum atomic E-state index is 13.3. The van der Waals surface area contributed by atoms with E-state index in [-0.39, 0.29) is 11.9 Å². The van der Waals surface area contributed by atoms with Gasteiger partial charge in [0.25, 0.3) is 5.91 Å². The number of rotatable bonds is 6. The average molecular weight is 417 g/mol. The zero-order chi connectivity index (χ0) is 22.1. The highest BCUT2D eigenvalue weighted by Gasteiger charge is 2.18. The molecule has 31 heavy (non-hydrogen) atoms. The van der Waals surface area contributed by atoms with E-state index in [4.69, 9.17) is 4.98 Å². The Morgan fingerprint density at radius 3 is 2.68 bits per heavy atom. The van der Waals surface area contributed by atoms with Crippen LogP contribution in [0.3, 0.4) is 0 Å². The Morgan fingerprint density at radius 2 is 2.00 bits per heavy atom. The molecule has 0 saturated carbocycles.